The molecule has 2 aromatic carbocycles. The molecule has 1 fully saturated rings. The number of ether oxygens (including phenoxy) is 2. The standard InChI is InChI=1S/C27H31N5O4/c1-28-27(34)29-19-4-7-24-22(15-19)26(33)25(36-24)14-18-17-32(13-12-31-10-8-30(2)9-11-31)23-6-5-20(35-3)16-21(18)23/h4-7,14-17H,8-13H2,1-3H3,(H2,28,29,34). The number of rotatable bonds is 6. The third-order valence-electron chi connectivity index (χ3n) is 6.81. The molecule has 2 aliphatic heterocycles. The first kappa shape index (κ1) is 23.9. The molecule has 188 valence electrons. The molecule has 0 bridgehead atoms. The summed E-state index contributed by atoms with van der Waals surface area (Å²) in [7, 11) is 5.34. The fourth-order valence-electron chi connectivity index (χ4n) is 4.65. The number of piperazine rings is 1. The predicted octanol–water partition coefficient (Wildman–Crippen LogP) is 3.26. The van der Waals surface area contributed by atoms with Crippen LogP contribution in [0.2, 0.25) is 0 Å². The Kier molecular flexibility index (Phi) is 6.67. The molecular formula is C27H31N5O4. The first-order valence-corrected chi connectivity index (χ1v) is 12.1. The number of hydrogen-bond acceptors (Lipinski definition) is 6. The first-order valence-electron chi connectivity index (χ1n) is 12.1. The van der Waals surface area contributed by atoms with Crippen molar-refractivity contribution in [1.29, 1.82) is 0 Å². The van der Waals surface area contributed by atoms with Gasteiger partial charge in [-0.3, -0.25) is 9.69 Å². The molecular weight excluding hydrogens is 458 g/mol. The average Bonchev–Trinajstić information content (AvgIpc) is 3.40. The van der Waals surface area contributed by atoms with Crippen LogP contribution < -0.4 is 20.1 Å². The number of ketones is 1. The Morgan fingerprint density at radius 1 is 1.11 bits per heavy atom. The molecule has 0 aliphatic carbocycles. The summed E-state index contributed by atoms with van der Waals surface area (Å²) in [6, 6.07) is 10.7. The number of anilines is 1. The highest BCUT2D eigenvalue weighted by atomic mass is 16.5. The summed E-state index contributed by atoms with van der Waals surface area (Å²) in [5.41, 5.74) is 2.92. The minimum atomic E-state index is -0.351. The molecule has 1 saturated heterocycles. The van der Waals surface area contributed by atoms with E-state index in [-0.39, 0.29) is 17.6 Å². The molecule has 0 spiro atoms. The summed E-state index contributed by atoms with van der Waals surface area (Å²) < 4.78 is 13.6. The van der Waals surface area contributed by atoms with Crippen LogP contribution in [-0.4, -0.2) is 80.1 Å². The zero-order valence-corrected chi connectivity index (χ0v) is 20.8. The van der Waals surface area contributed by atoms with Crippen molar-refractivity contribution < 1.29 is 19.1 Å². The summed E-state index contributed by atoms with van der Waals surface area (Å²) in [6.07, 6.45) is 3.87. The SMILES string of the molecule is CNC(=O)Nc1ccc2c(c1)C(=O)C(=Cc1cn(CCN3CCN(C)CC3)c3ccc(OC)cc13)O2. The van der Waals surface area contributed by atoms with Gasteiger partial charge in [0, 0.05) is 74.7 Å². The largest absolute Gasteiger partial charge is 0.497 e. The molecule has 5 rings (SSSR count). The number of hydrogen-bond donors (Lipinski definition) is 2. The van der Waals surface area contributed by atoms with E-state index < -0.39 is 0 Å². The van der Waals surface area contributed by atoms with Gasteiger partial charge >= 0.3 is 6.03 Å². The van der Waals surface area contributed by atoms with Crippen molar-refractivity contribution in [3.05, 3.63) is 59.5 Å². The van der Waals surface area contributed by atoms with Gasteiger partial charge in [0.15, 0.2) is 5.76 Å². The zero-order chi connectivity index (χ0) is 25.2. The highest BCUT2D eigenvalue weighted by Gasteiger charge is 2.28. The Balaban J connectivity index is 1.42. The van der Waals surface area contributed by atoms with Crippen molar-refractivity contribution in [2.75, 3.05) is 59.2 Å². The van der Waals surface area contributed by atoms with E-state index in [1.54, 1.807) is 31.4 Å². The summed E-state index contributed by atoms with van der Waals surface area (Å²) in [4.78, 5) is 29.7. The zero-order valence-electron chi connectivity index (χ0n) is 20.8. The lowest BCUT2D eigenvalue weighted by atomic mass is 10.1. The van der Waals surface area contributed by atoms with E-state index in [4.69, 9.17) is 9.47 Å². The number of methoxy groups -OCH3 is 1. The molecule has 2 amide bonds. The molecule has 2 aliphatic rings. The van der Waals surface area contributed by atoms with Crippen LogP contribution in [0.3, 0.4) is 0 Å². The number of likely N-dealkylation sites (N-methyl/N-ethyl adjacent to an activating group) is 1. The van der Waals surface area contributed by atoms with Gasteiger partial charge in [-0.15, -0.1) is 0 Å². The lowest BCUT2D eigenvalue weighted by molar-refractivity contribution is 0.101. The van der Waals surface area contributed by atoms with Gasteiger partial charge in [-0.25, -0.2) is 4.79 Å². The molecule has 36 heavy (non-hydrogen) atoms. The Hall–Kier alpha value is -3.82. The number of benzene rings is 2. The van der Waals surface area contributed by atoms with Gasteiger partial charge in [0.25, 0.3) is 0 Å². The smallest absolute Gasteiger partial charge is 0.318 e. The molecule has 9 nitrogen and oxygen atoms in total. The number of allylic oxidation sites excluding steroid dienone is 1. The van der Waals surface area contributed by atoms with Crippen molar-refractivity contribution in [1.82, 2.24) is 19.7 Å². The van der Waals surface area contributed by atoms with E-state index in [0.717, 1.165) is 61.5 Å². The minimum absolute atomic E-state index is 0.216. The number of nitrogens with one attached hydrogen (secondary N) is 2. The number of urea groups is 1. The van der Waals surface area contributed by atoms with E-state index in [1.165, 1.54) is 7.05 Å². The van der Waals surface area contributed by atoms with Gasteiger partial charge in [-0.05, 0) is 49.5 Å². The van der Waals surface area contributed by atoms with Crippen molar-refractivity contribution in [2.24, 2.45) is 0 Å². The lowest BCUT2D eigenvalue weighted by Crippen LogP contribution is -2.45. The number of Topliss-reactive ketones (excluding diaryl/α,β-unsaturated/α-hetero) is 1. The van der Waals surface area contributed by atoms with Crippen LogP contribution in [0.5, 0.6) is 11.5 Å². The van der Waals surface area contributed by atoms with Crippen LogP contribution in [0.25, 0.3) is 17.0 Å². The van der Waals surface area contributed by atoms with E-state index in [1.807, 2.05) is 12.1 Å². The lowest BCUT2D eigenvalue weighted by Gasteiger charge is -2.32. The predicted molar refractivity (Wildman–Crippen MR) is 140 cm³/mol. The molecule has 0 saturated carbocycles. The van der Waals surface area contributed by atoms with E-state index >= 15 is 0 Å². The summed E-state index contributed by atoms with van der Waals surface area (Å²) in [5, 5.41) is 6.18. The van der Waals surface area contributed by atoms with Crippen LogP contribution in [0, 0.1) is 0 Å². The van der Waals surface area contributed by atoms with E-state index in [0.29, 0.717) is 17.0 Å². The summed E-state index contributed by atoms with van der Waals surface area (Å²) in [6.45, 7) is 6.11. The quantitative estimate of drug-likeness (QED) is 0.517. The van der Waals surface area contributed by atoms with Crippen molar-refractivity contribution >= 4 is 34.5 Å². The number of nitrogens with zero attached hydrogens (tertiary/aromatic N) is 3. The maximum atomic E-state index is 13.2. The van der Waals surface area contributed by atoms with Crippen LogP contribution in [0.4, 0.5) is 10.5 Å². The molecule has 9 heteroatoms. The second-order valence-corrected chi connectivity index (χ2v) is 9.16. The van der Waals surface area contributed by atoms with E-state index in [2.05, 4.69) is 44.3 Å². The number of amides is 2. The molecule has 0 atom stereocenters. The van der Waals surface area contributed by atoms with Gasteiger partial charge in [-0.2, -0.15) is 0 Å². The van der Waals surface area contributed by atoms with Gasteiger partial charge in [0.1, 0.15) is 11.5 Å². The molecule has 3 heterocycles. The van der Waals surface area contributed by atoms with E-state index in [9.17, 15) is 9.59 Å². The second-order valence-electron chi connectivity index (χ2n) is 9.16. The fourth-order valence-corrected chi connectivity index (χ4v) is 4.65. The molecule has 0 unspecified atom stereocenters. The Morgan fingerprint density at radius 2 is 1.92 bits per heavy atom. The van der Waals surface area contributed by atoms with Crippen molar-refractivity contribution in [3.8, 4) is 11.5 Å². The molecule has 2 N–H and O–H groups in total. The number of fused-ring (bicyclic) bond motifs is 2. The van der Waals surface area contributed by atoms with Gasteiger partial charge in [0.05, 0.1) is 12.7 Å². The van der Waals surface area contributed by atoms with Gasteiger partial charge < -0.3 is 29.6 Å². The normalized spacial score (nSPS) is 17.3. The third-order valence-corrected chi connectivity index (χ3v) is 6.81. The van der Waals surface area contributed by atoms with Crippen LogP contribution in [-0.2, 0) is 6.54 Å². The number of carbonyl (C=O) groups is 2. The first-order chi connectivity index (χ1) is 17.4. The average molecular weight is 490 g/mol. The highest BCUT2D eigenvalue weighted by Crippen LogP contribution is 2.35. The van der Waals surface area contributed by atoms with Gasteiger partial charge in [-0.1, -0.05) is 0 Å². The molecule has 3 aromatic rings. The number of carbonyl (C=O) groups excluding carboxylic acids is 2. The van der Waals surface area contributed by atoms with Crippen molar-refractivity contribution in [2.45, 2.75) is 6.54 Å². The molecule has 0 radical (unpaired) electrons. The van der Waals surface area contributed by atoms with Crippen molar-refractivity contribution in [3.63, 3.8) is 0 Å². The highest BCUT2D eigenvalue weighted by molar-refractivity contribution is 6.15. The summed E-state index contributed by atoms with van der Waals surface area (Å²) in [5.74, 6) is 1.27. The van der Waals surface area contributed by atoms with Crippen LogP contribution in [0.1, 0.15) is 15.9 Å². The minimum Gasteiger partial charge on any atom is -0.497 e. The Morgan fingerprint density at radius 3 is 2.67 bits per heavy atom. The fraction of sp³-hybridized carbons (Fsp3) is 0.333. The molecule has 1 aromatic heterocycles. The topological polar surface area (TPSA) is 88.1 Å². The van der Waals surface area contributed by atoms with Crippen LogP contribution >= 0.6 is 0 Å². The third kappa shape index (κ3) is 4.80. The summed E-state index contributed by atoms with van der Waals surface area (Å²) >= 11 is 0. The van der Waals surface area contributed by atoms with Crippen LogP contribution in [0.15, 0.2) is 48.4 Å². The second kappa shape index (κ2) is 10.0. The number of aromatic nitrogens is 1. The maximum absolute atomic E-state index is 13.2. The van der Waals surface area contributed by atoms with Gasteiger partial charge in [0.2, 0.25) is 5.78 Å². The Bertz CT molecular complexity index is 1340. The monoisotopic (exact) mass is 489 g/mol. The Labute approximate surface area is 210 Å². The maximum Gasteiger partial charge on any atom is 0.318 e.